The van der Waals surface area contributed by atoms with E-state index in [1.807, 2.05) is 4.90 Å². The molecule has 2 N–H and O–H groups in total. The van der Waals surface area contributed by atoms with Crippen LogP contribution in [0.3, 0.4) is 0 Å². The molecular formula is C18H27N3O5. The standard InChI is InChI=1S/C18H27N3O5/c1-11(2)14-8-21(9-15(14)20-12(3)22)10-17(23)19-7-13-5-6-16(26-13)18(24)25-4/h5-6,11,14-15H,7-10H2,1-4H3,(H,19,23)(H,20,22)/t14-,15+/m0/s1. The summed E-state index contributed by atoms with van der Waals surface area (Å²) >= 11 is 0. The molecule has 1 aromatic heterocycles. The second-order valence-electron chi connectivity index (χ2n) is 6.94. The molecule has 0 aliphatic carbocycles. The Hall–Kier alpha value is -2.35. The van der Waals surface area contributed by atoms with Gasteiger partial charge in [0.05, 0.1) is 20.2 Å². The van der Waals surface area contributed by atoms with E-state index in [0.717, 1.165) is 6.54 Å². The largest absolute Gasteiger partial charge is 0.463 e. The van der Waals surface area contributed by atoms with Crippen LogP contribution in [0.4, 0.5) is 0 Å². The summed E-state index contributed by atoms with van der Waals surface area (Å²) in [4.78, 5) is 37.0. The van der Waals surface area contributed by atoms with Crippen LogP contribution in [-0.4, -0.2) is 55.5 Å². The first-order chi connectivity index (χ1) is 12.3. The maximum atomic E-state index is 12.2. The van der Waals surface area contributed by atoms with Crippen LogP contribution in [0.1, 0.15) is 37.1 Å². The average molecular weight is 365 g/mol. The molecular weight excluding hydrogens is 338 g/mol. The van der Waals surface area contributed by atoms with Gasteiger partial charge in [0.1, 0.15) is 5.76 Å². The number of amides is 2. The maximum absolute atomic E-state index is 12.2. The van der Waals surface area contributed by atoms with Crippen molar-refractivity contribution >= 4 is 17.8 Å². The van der Waals surface area contributed by atoms with E-state index < -0.39 is 5.97 Å². The van der Waals surface area contributed by atoms with E-state index in [-0.39, 0.29) is 36.7 Å². The van der Waals surface area contributed by atoms with Gasteiger partial charge in [0.2, 0.25) is 17.6 Å². The zero-order chi connectivity index (χ0) is 19.3. The van der Waals surface area contributed by atoms with Crippen LogP contribution in [-0.2, 0) is 20.9 Å². The average Bonchev–Trinajstić information content (AvgIpc) is 3.19. The minimum absolute atomic E-state index is 0.0498. The van der Waals surface area contributed by atoms with Gasteiger partial charge in [0.15, 0.2) is 0 Å². The molecule has 8 heteroatoms. The van der Waals surface area contributed by atoms with E-state index in [1.165, 1.54) is 20.1 Å². The lowest BCUT2D eigenvalue weighted by Gasteiger charge is -2.22. The number of nitrogens with zero attached hydrogens (tertiary/aromatic N) is 1. The fourth-order valence-electron chi connectivity index (χ4n) is 3.26. The molecule has 1 aromatic rings. The monoisotopic (exact) mass is 365 g/mol. The molecule has 26 heavy (non-hydrogen) atoms. The number of methoxy groups -OCH3 is 1. The zero-order valence-electron chi connectivity index (χ0n) is 15.7. The minimum Gasteiger partial charge on any atom is -0.463 e. The van der Waals surface area contributed by atoms with Gasteiger partial charge in [-0.15, -0.1) is 0 Å². The van der Waals surface area contributed by atoms with Crippen LogP contribution < -0.4 is 10.6 Å². The van der Waals surface area contributed by atoms with Crippen molar-refractivity contribution in [3.05, 3.63) is 23.7 Å². The second kappa shape index (κ2) is 8.84. The van der Waals surface area contributed by atoms with Gasteiger partial charge in [0.25, 0.3) is 0 Å². The molecule has 144 valence electrons. The molecule has 8 nitrogen and oxygen atoms in total. The number of hydrogen-bond acceptors (Lipinski definition) is 6. The third-order valence-corrected chi connectivity index (χ3v) is 4.56. The Kier molecular flexibility index (Phi) is 6.79. The van der Waals surface area contributed by atoms with Gasteiger partial charge < -0.3 is 19.8 Å². The summed E-state index contributed by atoms with van der Waals surface area (Å²) in [6, 6.07) is 3.20. The van der Waals surface area contributed by atoms with Gasteiger partial charge in [-0.2, -0.15) is 0 Å². The summed E-state index contributed by atoms with van der Waals surface area (Å²) in [5.41, 5.74) is 0. The van der Waals surface area contributed by atoms with Crippen molar-refractivity contribution in [2.45, 2.75) is 33.4 Å². The third-order valence-electron chi connectivity index (χ3n) is 4.56. The molecule has 2 rings (SSSR count). The SMILES string of the molecule is COC(=O)c1ccc(CNC(=O)CN2C[C@@H](NC(C)=O)[C@H](C(C)C)C2)o1. The number of hydrogen-bond donors (Lipinski definition) is 2. The number of nitrogens with one attached hydrogen (secondary N) is 2. The van der Waals surface area contributed by atoms with Crippen LogP contribution >= 0.6 is 0 Å². The first-order valence-corrected chi connectivity index (χ1v) is 8.73. The van der Waals surface area contributed by atoms with Crippen molar-refractivity contribution < 1.29 is 23.5 Å². The molecule has 2 amide bonds. The summed E-state index contributed by atoms with van der Waals surface area (Å²) < 4.78 is 9.89. The maximum Gasteiger partial charge on any atom is 0.373 e. The summed E-state index contributed by atoms with van der Waals surface area (Å²) in [5.74, 6) is 0.589. The highest BCUT2D eigenvalue weighted by Gasteiger charge is 2.35. The highest BCUT2D eigenvalue weighted by molar-refractivity contribution is 5.86. The highest BCUT2D eigenvalue weighted by Crippen LogP contribution is 2.24. The molecule has 0 bridgehead atoms. The number of carbonyl (C=O) groups is 3. The number of rotatable bonds is 7. The lowest BCUT2D eigenvalue weighted by molar-refractivity contribution is -0.122. The Labute approximate surface area is 153 Å². The first-order valence-electron chi connectivity index (χ1n) is 8.73. The van der Waals surface area contributed by atoms with Gasteiger partial charge in [-0.25, -0.2) is 4.79 Å². The Balaban J connectivity index is 1.83. The lowest BCUT2D eigenvalue weighted by Crippen LogP contribution is -2.41. The number of ether oxygens (including phenoxy) is 1. The quantitative estimate of drug-likeness (QED) is 0.693. The summed E-state index contributed by atoms with van der Waals surface area (Å²) in [6.45, 7) is 7.64. The number of furan rings is 1. The van der Waals surface area contributed by atoms with Crippen molar-refractivity contribution in [3.8, 4) is 0 Å². The molecule has 0 unspecified atom stereocenters. The van der Waals surface area contributed by atoms with E-state index in [9.17, 15) is 14.4 Å². The molecule has 1 fully saturated rings. The van der Waals surface area contributed by atoms with Gasteiger partial charge in [-0.05, 0) is 24.0 Å². The predicted octanol–water partition coefficient (Wildman–Crippen LogP) is 0.775. The third kappa shape index (κ3) is 5.32. The van der Waals surface area contributed by atoms with Crippen LogP contribution in [0.25, 0.3) is 0 Å². The van der Waals surface area contributed by atoms with E-state index in [0.29, 0.717) is 24.1 Å². The van der Waals surface area contributed by atoms with Gasteiger partial charge in [-0.1, -0.05) is 13.8 Å². The van der Waals surface area contributed by atoms with Crippen molar-refractivity contribution in [2.75, 3.05) is 26.7 Å². The van der Waals surface area contributed by atoms with Crippen molar-refractivity contribution in [2.24, 2.45) is 11.8 Å². The van der Waals surface area contributed by atoms with E-state index >= 15 is 0 Å². The second-order valence-corrected chi connectivity index (χ2v) is 6.94. The van der Waals surface area contributed by atoms with Crippen LogP contribution in [0.2, 0.25) is 0 Å². The highest BCUT2D eigenvalue weighted by atomic mass is 16.5. The van der Waals surface area contributed by atoms with E-state index in [2.05, 4.69) is 29.2 Å². The Morgan fingerprint density at radius 2 is 2.04 bits per heavy atom. The molecule has 0 saturated carbocycles. The van der Waals surface area contributed by atoms with Gasteiger partial charge >= 0.3 is 5.97 Å². The molecule has 1 aliphatic rings. The molecule has 1 saturated heterocycles. The van der Waals surface area contributed by atoms with Crippen molar-refractivity contribution in [3.63, 3.8) is 0 Å². The Morgan fingerprint density at radius 3 is 2.65 bits per heavy atom. The fraction of sp³-hybridized carbons (Fsp3) is 0.611. The smallest absolute Gasteiger partial charge is 0.373 e. The topological polar surface area (TPSA) is 101 Å². The number of likely N-dealkylation sites (tertiary alicyclic amines) is 1. The summed E-state index contributed by atoms with van der Waals surface area (Å²) in [5, 5.41) is 5.76. The molecule has 0 spiro atoms. The predicted molar refractivity (Wildman–Crippen MR) is 94.3 cm³/mol. The number of esters is 1. The van der Waals surface area contributed by atoms with Gasteiger partial charge in [0, 0.05) is 26.1 Å². The Morgan fingerprint density at radius 1 is 1.31 bits per heavy atom. The first kappa shape index (κ1) is 20.0. The van der Waals surface area contributed by atoms with Crippen molar-refractivity contribution in [1.82, 2.24) is 15.5 Å². The van der Waals surface area contributed by atoms with E-state index in [1.54, 1.807) is 6.07 Å². The zero-order valence-corrected chi connectivity index (χ0v) is 15.7. The Bertz CT molecular complexity index is 655. The summed E-state index contributed by atoms with van der Waals surface area (Å²) in [7, 11) is 1.28. The summed E-state index contributed by atoms with van der Waals surface area (Å²) in [6.07, 6.45) is 0. The lowest BCUT2D eigenvalue weighted by atomic mass is 9.91. The normalized spacial score (nSPS) is 20.2. The van der Waals surface area contributed by atoms with Crippen LogP contribution in [0.5, 0.6) is 0 Å². The molecule has 2 atom stereocenters. The molecule has 1 aliphatic heterocycles. The van der Waals surface area contributed by atoms with Crippen molar-refractivity contribution in [1.29, 1.82) is 0 Å². The van der Waals surface area contributed by atoms with Gasteiger partial charge in [-0.3, -0.25) is 14.5 Å². The number of carbonyl (C=O) groups excluding carboxylic acids is 3. The fourth-order valence-corrected chi connectivity index (χ4v) is 3.26. The minimum atomic E-state index is -0.552. The van der Waals surface area contributed by atoms with E-state index in [4.69, 9.17) is 4.42 Å². The van der Waals surface area contributed by atoms with Crippen LogP contribution in [0, 0.1) is 11.8 Å². The van der Waals surface area contributed by atoms with Crippen LogP contribution in [0.15, 0.2) is 16.5 Å². The molecule has 2 heterocycles. The molecule has 0 aromatic carbocycles. The molecule has 0 radical (unpaired) electrons.